The van der Waals surface area contributed by atoms with Gasteiger partial charge in [-0.1, -0.05) is 44.2 Å². The van der Waals surface area contributed by atoms with Crippen molar-refractivity contribution in [2.75, 3.05) is 26.1 Å². The Morgan fingerprint density at radius 2 is 1.74 bits per heavy atom. The molecule has 13 heteroatoms. The Hall–Kier alpha value is -4.75. The van der Waals surface area contributed by atoms with Gasteiger partial charge in [0.15, 0.2) is 6.10 Å². The number of Topliss-reactive ketones (excluding diaryl/α,β-unsaturated/α-hetero) is 1. The second kappa shape index (κ2) is 13.9. The number of anilines is 1. The first-order valence-electron chi connectivity index (χ1n) is 13.5. The molecule has 0 bridgehead atoms. The fraction of sp³-hybridized carbons (Fsp3) is 0.367. The minimum atomic E-state index is -1.40. The Morgan fingerprint density at radius 1 is 1.07 bits per heavy atom. The molecule has 228 valence electrons. The monoisotopic (exact) mass is 595 g/mol. The molecule has 43 heavy (non-hydrogen) atoms. The number of carbonyl (C=O) groups excluding carboxylic acids is 3. The van der Waals surface area contributed by atoms with Crippen molar-refractivity contribution in [2.24, 2.45) is 5.92 Å². The number of amides is 1. The highest BCUT2D eigenvalue weighted by atomic mass is 16.7. The van der Waals surface area contributed by atoms with Crippen LogP contribution < -0.4 is 20.5 Å². The van der Waals surface area contributed by atoms with Crippen LogP contribution in [-0.4, -0.2) is 65.5 Å². The number of rotatable bonds is 11. The van der Waals surface area contributed by atoms with Crippen LogP contribution in [0.15, 0.2) is 65.6 Å². The highest BCUT2D eigenvalue weighted by Gasteiger charge is 2.37. The minimum Gasteiger partial charge on any atom is -0.497 e. The van der Waals surface area contributed by atoms with Crippen LogP contribution in [-0.2, 0) is 19.0 Å². The third kappa shape index (κ3) is 7.76. The van der Waals surface area contributed by atoms with Gasteiger partial charge < -0.3 is 34.1 Å². The second-order valence-corrected chi connectivity index (χ2v) is 10.0. The fourth-order valence-electron chi connectivity index (χ4n) is 4.30. The summed E-state index contributed by atoms with van der Waals surface area (Å²) in [5, 5.41) is 13.1. The van der Waals surface area contributed by atoms with Crippen LogP contribution in [0.1, 0.15) is 48.5 Å². The number of benzene rings is 2. The maximum atomic E-state index is 13.4. The van der Waals surface area contributed by atoms with E-state index in [1.807, 2.05) is 0 Å². The number of hydrogen-bond acceptors (Lipinski definition) is 11. The van der Waals surface area contributed by atoms with Crippen molar-refractivity contribution in [3.63, 3.8) is 0 Å². The van der Waals surface area contributed by atoms with E-state index in [1.54, 1.807) is 62.4 Å². The fourth-order valence-corrected chi connectivity index (χ4v) is 4.30. The van der Waals surface area contributed by atoms with Crippen molar-refractivity contribution >= 4 is 23.7 Å². The van der Waals surface area contributed by atoms with Gasteiger partial charge in [-0.15, -0.1) is 0 Å². The van der Waals surface area contributed by atoms with Crippen molar-refractivity contribution in [1.82, 2.24) is 9.55 Å². The Labute approximate surface area is 247 Å². The summed E-state index contributed by atoms with van der Waals surface area (Å²) in [5.74, 6) is -0.245. The zero-order chi connectivity index (χ0) is 31.1. The molecule has 0 saturated carbocycles. The Balaban J connectivity index is 1.44. The summed E-state index contributed by atoms with van der Waals surface area (Å²) < 4.78 is 28.2. The second-order valence-electron chi connectivity index (χ2n) is 10.0. The van der Waals surface area contributed by atoms with Crippen molar-refractivity contribution in [1.29, 1.82) is 0 Å². The number of hydrogen-bond donors (Lipinski definition) is 2. The van der Waals surface area contributed by atoms with E-state index in [-0.39, 0.29) is 24.1 Å². The maximum Gasteiger partial charge on any atom is 0.509 e. The van der Waals surface area contributed by atoms with Gasteiger partial charge in [0.05, 0.1) is 20.3 Å². The molecule has 4 rings (SSSR count). The third-order valence-electron chi connectivity index (χ3n) is 6.67. The average Bonchev–Trinajstić information content (AvgIpc) is 3.38. The van der Waals surface area contributed by atoms with Crippen LogP contribution in [0.25, 0.3) is 0 Å². The number of ketones is 1. The number of nitrogens with zero attached hydrogens (tertiary/aromatic N) is 2. The van der Waals surface area contributed by atoms with Crippen LogP contribution in [0.3, 0.4) is 0 Å². The third-order valence-corrected chi connectivity index (χ3v) is 6.67. The molecule has 1 aromatic heterocycles. The molecule has 0 aliphatic carbocycles. The molecule has 2 N–H and O–H groups in total. The minimum absolute atomic E-state index is 0.0150. The number of aliphatic hydroxyl groups is 1. The zero-order valence-corrected chi connectivity index (χ0v) is 24.1. The Bertz CT molecular complexity index is 1490. The lowest BCUT2D eigenvalue weighted by atomic mass is 9.99. The van der Waals surface area contributed by atoms with Crippen molar-refractivity contribution in [3.8, 4) is 11.5 Å². The van der Waals surface area contributed by atoms with E-state index in [0.29, 0.717) is 22.6 Å². The van der Waals surface area contributed by atoms with Gasteiger partial charge in [-0.25, -0.2) is 9.59 Å². The van der Waals surface area contributed by atoms with Crippen LogP contribution in [0.2, 0.25) is 0 Å². The summed E-state index contributed by atoms with van der Waals surface area (Å²) in [6.07, 6.45) is -4.16. The van der Waals surface area contributed by atoms with Gasteiger partial charge in [-0.2, -0.15) is 4.98 Å². The molecular formula is C30H33N3O10. The Morgan fingerprint density at radius 3 is 2.35 bits per heavy atom. The molecular weight excluding hydrogens is 562 g/mol. The van der Waals surface area contributed by atoms with E-state index in [9.17, 15) is 24.3 Å². The summed E-state index contributed by atoms with van der Waals surface area (Å²) in [5.41, 5.74) is -0.108. The lowest BCUT2D eigenvalue weighted by Crippen LogP contribution is -2.30. The van der Waals surface area contributed by atoms with E-state index in [0.717, 1.165) is 4.57 Å². The first kappa shape index (κ1) is 31.2. The molecule has 1 saturated heterocycles. The summed E-state index contributed by atoms with van der Waals surface area (Å²) >= 11 is 0. The highest BCUT2D eigenvalue weighted by Crippen LogP contribution is 2.32. The SMILES string of the molecule is COc1cc(OC)cc(C(OC(=O)OC[C@H]2O[C@@H](n3ccc(NC(=O)C(C)C)nc3=O)C[C@@H]2O)C(=O)c2ccccc2)c1. The smallest absolute Gasteiger partial charge is 0.497 e. The summed E-state index contributed by atoms with van der Waals surface area (Å²) in [7, 11) is 2.90. The van der Waals surface area contributed by atoms with E-state index < -0.39 is 48.8 Å². The van der Waals surface area contributed by atoms with E-state index >= 15 is 0 Å². The van der Waals surface area contributed by atoms with E-state index in [1.165, 1.54) is 26.5 Å². The summed E-state index contributed by atoms with van der Waals surface area (Å²) in [6, 6.07) is 14.4. The average molecular weight is 596 g/mol. The molecule has 0 spiro atoms. The molecule has 1 unspecified atom stereocenters. The molecule has 1 aliphatic heterocycles. The molecule has 2 aromatic carbocycles. The number of nitrogens with one attached hydrogen (secondary N) is 1. The van der Waals surface area contributed by atoms with Gasteiger partial charge in [0.25, 0.3) is 0 Å². The van der Waals surface area contributed by atoms with Crippen LogP contribution in [0.5, 0.6) is 11.5 Å². The van der Waals surface area contributed by atoms with Crippen molar-refractivity contribution in [2.45, 2.75) is 44.8 Å². The van der Waals surface area contributed by atoms with Gasteiger partial charge in [0.1, 0.15) is 36.3 Å². The number of methoxy groups -OCH3 is 2. The van der Waals surface area contributed by atoms with Crippen molar-refractivity contribution < 1.29 is 43.2 Å². The zero-order valence-electron chi connectivity index (χ0n) is 24.1. The van der Waals surface area contributed by atoms with E-state index in [4.69, 9.17) is 23.7 Å². The Kier molecular flexibility index (Phi) is 10.1. The molecule has 2 heterocycles. The normalized spacial score (nSPS) is 18.5. The number of carbonyl (C=O) groups is 3. The van der Waals surface area contributed by atoms with Crippen LogP contribution in [0, 0.1) is 5.92 Å². The molecule has 0 radical (unpaired) electrons. The predicted molar refractivity (Wildman–Crippen MR) is 152 cm³/mol. The quantitative estimate of drug-likeness (QED) is 0.247. The van der Waals surface area contributed by atoms with Gasteiger partial charge in [-0.05, 0) is 18.2 Å². The number of aliphatic hydroxyl groups excluding tert-OH is 1. The lowest BCUT2D eigenvalue weighted by molar-refractivity contribution is -0.118. The largest absolute Gasteiger partial charge is 0.509 e. The molecule has 1 aliphatic rings. The first-order chi connectivity index (χ1) is 20.6. The topological polar surface area (TPSA) is 165 Å². The molecule has 1 amide bonds. The maximum absolute atomic E-state index is 13.4. The van der Waals surface area contributed by atoms with Crippen molar-refractivity contribution in [3.05, 3.63) is 82.4 Å². The van der Waals surface area contributed by atoms with Crippen LogP contribution in [0.4, 0.5) is 10.6 Å². The van der Waals surface area contributed by atoms with Gasteiger partial charge in [-0.3, -0.25) is 14.2 Å². The summed E-state index contributed by atoms with van der Waals surface area (Å²) in [4.78, 5) is 54.5. The van der Waals surface area contributed by atoms with Crippen LogP contribution >= 0.6 is 0 Å². The number of ether oxygens (including phenoxy) is 5. The van der Waals surface area contributed by atoms with Gasteiger partial charge >= 0.3 is 11.8 Å². The van der Waals surface area contributed by atoms with E-state index in [2.05, 4.69) is 10.3 Å². The highest BCUT2D eigenvalue weighted by molar-refractivity contribution is 6.00. The predicted octanol–water partition coefficient (Wildman–Crippen LogP) is 3.28. The molecule has 4 atom stereocenters. The standard InChI is InChI=1S/C30H33N3O10/c1-17(2)28(36)31-24-10-11-33(29(37)32-24)25-15-22(34)23(42-25)16-41-30(38)43-27(26(35)18-8-6-5-7-9-18)19-12-20(39-3)14-21(13-19)40-4/h5-14,17,22-23,25,27,34H,15-16H2,1-4H3,(H,31,32,36,37)/t22-,23+,25+,27?/m0/s1. The van der Waals surface area contributed by atoms with Gasteiger partial charge in [0.2, 0.25) is 11.7 Å². The van der Waals surface area contributed by atoms with Gasteiger partial charge in [0, 0.05) is 35.7 Å². The molecule has 1 fully saturated rings. The number of aromatic nitrogens is 2. The molecule has 3 aromatic rings. The first-order valence-corrected chi connectivity index (χ1v) is 13.5. The lowest BCUT2D eigenvalue weighted by Gasteiger charge is -2.20. The summed E-state index contributed by atoms with van der Waals surface area (Å²) in [6.45, 7) is 2.99. The molecule has 13 nitrogen and oxygen atoms in total.